The van der Waals surface area contributed by atoms with Crippen LogP contribution in [0.4, 0.5) is 11.4 Å². The number of para-hydroxylation sites is 1. The molecule has 3 rings (SSSR count). The molecule has 0 atom stereocenters. The third-order valence-corrected chi connectivity index (χ3v) is 4.14. The van der Waals surface area contributed by atoms with Crippen molar-refractivity contribution in [3.8, 4) is 5.75 Å². The smallest absolute Gasteiger partial charge is 0.261 e. The Balaban J connectivity index is 1.83. The van der Waals surface area contributed by atoms with Crippen LogP contribution in [0.3, 0.4) is 0 Å². The van der Waals surface area contributed by atoms with Crippen molar-refractivity contribution < 1.29 is 14.1 Å². The Bertz CT molecular complexity index is 981. The molecule has 1 amide bonds. The number of hydrogen-bond acceptors (Lipinski definition) is 5. The van der Waals surface area contributed by atoms with Gasteiger partial charge in [0.25, 0.3) is 5.91 Å². The van der Waals surface area contributed by atoms with E-state index in [4.69, 9.17) is 20.9 Å². The fourth-order valence-corrected chi connectivity index (χ4v) is 2.64. The lowest BCUT2D eigenvalue weighted by atomic mass is 10.2. The molecule has 0 saturated heterocycles. The van der Waals surface area contributed by atoms with Crippen LogP contribution >= 0.6 is 11.6 Å². The van der Waals surface area contributed by atoms with Crippen LogP contribution in [0, 0.1) is 6.92 Å². The highest BCUT2D eigenvalue weighted by atomic mass is 35.5. The molecule has 0 spiro atoms. The minimum atomic E-state index is -0.373. The van der Waals surface area contributed by atoms with Crippen LogP contribution in [-0.4, -0.2) is 17.7 Å². The Kier molecular flexibility index (Phi) is 6.34. The van der Waals surface area contributed by atoms with Gasteiger partial charge < -0.3 is 19.9 Å². The van der Waals surface area contributed by atoms with E-state index in [9.17, 15) is 4.79 Å². The third-order valence-electron chi connectivity index (χ3n) is 3.81. The number of halogens is 1. The van der Waals surface area contributed by atoms with Crippen LogP contribution in [0.25, 0.3) is 5.57 Å². The van der Waals surface area contributed by atoms with Crippen LogP contribution in [0.15, 0.2) is 65.3 Å². The van der Waals surface area contributed by atoms with Crippen LogP contribution in [0.1, 0.15) is 18.4 Å². The van der Waals surface area contributed by atoms with Gasteiger partial charge in [-0.3, -0.25) is 4.79 Å². The molecule has 0 fully saturated rings. The number of ether oxygens (including phenoxy) is 1. The SMILES string of the molecule is CCOc1ccc(N/C=C(\C(=O)Nc2ccccc2Cl)c2cc(C)no2)cc1. The summed E-state index contributed by atoms with van der Waals surface area (Å²) in [5.41, 5.74) is 2.27. The summed E-state index contributed by atoms with van der Waals surface area (Å²) in [4.78, 5) is 12.8. The van der Waals surface area contributed by atoms with E-state index in [1.165, 1.54) is 0 Å². The molecule has 0 saturated carbocycles. The Morgan fingerprint density at radius 2 is 1.96 bits per heavy atom. The second-order valence-corrected chi connectivity index (χ2v) is 6.33. The average Bonchev–Trinajstić information content (AvgIpc) is 3.11. The zero-order valence-corrected chi connectivity index (χ0v) is 16.3. The summed E-state index contributed by atoms with van der Waals surface area (Å²) in [5.74, 6) is 0.753. The quantitative estimate of drug-likeness (QED) is 0.540. The van der Waals surface area contributed by atoms with Crippen LogP contribution < -0.4 is 15.4 Å². The number of nitrogens with zero attached hydrogens (tertiary/aromatic N) is 1. The van der Waals surface area contributed by atoms with Crippen molar-refractivity contribution in [3.63, 3.8) is 0 Å². The van der Waals surface area contributed by atoms with Gasteiger partial charge in [-0.15, -0.1) is 0 Å². The minimum Gasteiger partial charge on any atom is -0.494 e. The first-order valence-electron chi connectivity index (χ1n) is 8.76. The highest BCUT2D eigenvalue weighted by Gasteiger charge is 2.18. The van der Waals surface area contributed by atoms with Crippen molar-refractivity contribution in [2.75, 3.05) is 17.2 Å². The summed E-state index contributed by atoms with van der Waals surface area (Å²) in [6, 6.07) is 16.1. The predicted molar refractivity (Wildman–Crippen MR) is 111 cm³/mol. The molecule has 6 nitrogen and oxygen atoms in total. The van der Waals surface area contributed by atoms with E-state index in [1.54, 1.807) is 43.5 Å². The molecule has 0 radical (unpaired) electrons. The highest BCUT2D eigenvalue weighted by molar-refractivity contribution is 6.35. The largest absolute Gasteiger partial charge is 0.494 e. The third kappa shape index (κ3) is 4.92. The Morgan fingerprint density at radius 3 is 2.61 bits per heavy atom. The molecule has 0 aliphatic heterocycles. The molecule has 7 heteroatoms. The van der Waals surface area contributed by atoms with Crippen LogP contribution in [0.2, 0.25) is 5.02 Å². The number of aryl methyl sites for hydroxylation is 1. The van der Waals surface area contributed by atoms with Crippen molar-refractivity contribution in [1.29, 1.82) is 0 Å². The lowest BCUT2D eigenvalue weighted by Crippen LogP contribution is -2.14. The number of carbonyl (C=O) groups is 1. The fraction of sp³-hybridized carbons (Fsp3) is 0.143. The van der Waals surface area contributed by atoms with Gasteiger partial charge in [0.05, 0.1) is 23.0 Å². The topological polar surface area (TPSA) is 76.4 Å². The van der Waals surface area contributed by atoms with Gasteiger partial charge in [-0.05, 0) is 50.2 Å². The van der Waals surface area contributed by atoms with Crippen molar-refractivity contribution in [2.45, 2.75) is 13.8 Å². The van der Waals surface area contributed by atoms with E-state index in [1.807, 2.05) is 31.2 Å². The van der Waals surface area contributed by atoms with Crippen molar-refractivity contribution in [3.05, 3.63) is 77.3 Å². The van der Waals surface area contributed by atoms with Crippen molar-refractivity contribution in [2.24, 2.45) is 0 Å². The number of aromatic nitrogens is 1. The summed E-state index contributed by atoms with van der Waals surface area (Å²) in [6.45, 7) is 4.32. The second-order valence-electron chi connectivity index (χ2n) is 5.93. The summed E-state index contributed by atoms with van der Waals surface area (Å²) < 4.78 is 10.7. The minimum absolute atomic E-state index is 0.286. The lowest BCUT2D eigenvalue weighted by molar-refractivity contribution is -0.111. The van der Waals surface area contributed by atoms with E-state index in [2.05, 4.69) is 15.8 Å². The number of benzene rings is 2. The number of amides is 1. The van der Waals surface area contributed by atoms with E-state index in [-0.39, 0.29) is 11.5 Å². The first-order valence-corrected chi connectivity index (χ1v) is 9.13. The molecule has 3 aromatic rings. The van der Waals surface area contributed by atoms with Gasteiger partial charge >= 0.3 is 0 Å². The van der Waals surface area contributed by atoms with Gasteiger partial charge in [0.15, 0.2) is 5.76 Å². The molecule has 0 aliphatic carbocycles. The second kappa shape index (κ2) is 9.10. The first-order chi connectivity index (χ1) is 13.6. The normalized spacial score (nSPS) is 11.2. The molecule has 0 bridgehead atoms. The molecule has 0 unspecified atom stereocenters. The van der Waals surface area contributed by atoms with E-state index in [0.29, 0.717) is 28.8 Å². The highest BCUT2D eigenvalue weighted by Crippen LogP contribution is 2.24. The van der Waals surface area contributed by atoms with E-state index in [0.717, 1.165) is 11.4 Å². The zero-order valence-electron chi connectivity index (χ0n) is 15.5. The predicted octanol–water partition coefficient (Wildman–Crippen LogP) is 5.13. The average molecular weight is 398 g/mol. The van der Waals surface area contributed by atoms with Gasteiger partial charge in [0, 0.05) is 18.0 Å². The Morgan fingerprint density at radius 1 is 1.21 bits per heavy atom. The number of rotatable bonds is 7. The van der Waals surface area contributed by atoms with Crippen LogP contribution in [-0.2, 0) is 4.79 Å². The number of carbonyl (C=O) groups excluding carboxylic acids is 1. The molecule has 1 aromatic heterocycles. The summed E-state index contributed by atoms with van der Waals surface area (Å²) in [5, 5.41) is 10.2. The maximum absolute atomic E-state index is 12.8. The lowest BCUT2D eigenvalue weighted by Gasteiger charge is -2.09. The van der Waals surface area contributed by atoms with Gasteiger partial charge in [0.2, 0.25) is 0 Å². The molecule has 2 aromatic carbocycles. The number of anilines is 2. The maximum Gasteiger partial charge on any atom is 0.261 e. The van der Waals surface area contributed by atoms with Gasteiger partial charge in [-0.25, -0.2) is 0 Å². The Hall–Kier alpha value is -3.25. The standard InChI is InChI=1S/C21H20ClN3O3/c1-3-27-16-10-8-15(9-11-16)23-13-17(20-12-14(2)25-28-20)21(26)24-19-7-5-4-6-18(19)22/h4-13,23H,3H2,1-2H3,(H,24,26)/b17-13-. The fourth-order valence-electron chi connectivity index (χ4n) is 2.46. The monoisotopic (exact) mass is 397 g/mol. The molecule has 2 N–H and O–H groups in total. The Labute approximate surface area is 168 Å². The maximum atomic E-state index is 12.8. The van der Waals surface area contributed by atoms with Crippen molar-refractivity contribution >= 4 is 34.5 Å². The van der Waals surface area contributed by atoms with Crippen molar-refractivity contribution in [1.82, 2.24) is 5.16 Å². The summed E-state index contributed by atoms with van der Waals surface area (Å²) >= 11 is 6.14. The first kappa shape index (κ1) is 19.5. The van der Waals surface area contributed by atoms with E-state index >= 15 is 0 Å². The molecule has 28 heavy (non-hydrogen) atoms. The summed E-state index contributed by atoms with van der Waals surface area (Å²) in [7, 11) is 0. The van der Waals surface area contributed by atoms with E-state index < -0.39 is 0 Å². The van der Waals surface area contributed by atoms with Crippen LogP contribution in [0.5, 0.6) is 5.75 Å². The van der Waals surface area contributed by atoms with Gasteiger partial charge in [0.1, 0.15) is 11.3 Å². The number of nitrogens with one attached hydrogen (secondary N) is 2. The zero-order chi connectivity index (χ0) is 19.9. The molecular weight excluding hydrogens is 378 g/mol. The number of hydrogen-bond donors (Lipinski definition) is 2. The molecule has 1 heterocycles. The molecule has 144 valence electrons. The molecule has 0 aliphatic rings. The van der Waals surface area contributed by atoms with Gasteiger partial charge in [-0.2, -0.15) is 0 Å². The summed E-state index contributed by atoms with van der Waals surface area (Å²) in [6.07, 6.45) is 1.57. The van der Waals surface area contributed by atoms with Gasteiger partial charge in [-0.1, -0.05) is 28.9 Å². The molecular formula is C21H20ClN3O3.